The maximum Gasteiger partial charge on any atom is 0.243 e. The third kappa shape index (κ3) is 2.83. The monoisotopic (exact) mass is 185 g/mol. The number of carbonyl (C=O) groups excluding carboxylic acids is 3. The second-order valence-corrected chi connectivity index (χ2v) is 2.85. The van der Waals surface area contributed by atoms with Gasteiger partial charge in [-0.15, -0.1) is 0 Å². The molecule has 1 aliphatic rings. The van der Waals surface area contributed by atoms with E-state index in [0.29, 0.717) is 12.8 Å². The van der Waals surface area contributed by atoms with Gasteiger partial charge in [-0.25, -0.2) is 0 Å². The van der Waals surface area contributed by atoms with Crippen molar-refractivity contribution in [1.29, 1.82) is 0 Å². The van der Waals surface area contributed by atoms with E-state index in [0.717, 1.165) is 0 Å². The summed E-state index contributed by atoms with van der Waals surface area (Å²) < 4.78 is 0. The molecule has 1 unspecified atom stereocenters. The number of rotatable bonds is 3. The first kappa shape index (κ1) is 9.66. The number of imide groups is 1. The van der Waals surface area contributed by atoms with Crippen molar-refractivity contribution in [2.75, 3.05) is 6.54 Å². The molecule has 13 heavy (non-hydrogen) atoms. The molecule has 0 radical (unpaired) electrons. The van der Waals surface area contributed by atoms with Crippen molar-refractivity contribution in [3.63, 3.8) is 0 Å². The van der Waals surface area contributed by atoms with Crippen molar-refractivity contribution in [1.82, 2.24) is 10.6 Å². The zero-order chi connectivity index (χ0) is 9.84. The highest BCUT2D eigenvalue weighted by molar-refractivity contribution is 6.00. The zero-order valence-corrected chi connectivity index (χ0v) is 7.00. The van der Waals surface area contributed by atoms with Crippen LogP contribution in [0.1, 0.15) is 12.8 Å². The van der Waals surface area contributed by atoms with Crippen molar-refractivity contribution < 1.29 is 14.4 Å². The quantitative estimate of drug-likeness (QED) is 0.437. The van der Waals surface area contributed by atoms with Gasteiger partial charge in [0.2, 0.25) is 17.7 Å². The van der Waals surface area contributed by atoms with Crippen LogP contribution in [0.4, 0.5) is 0 Å². The fraction of sp³-hybridized carbons (Fsp3) is 0.571. The summed E-state index contributed by atoms with van der Waals surface area (Å²) in [6, 6.07) is -0.481. The summed E-state index contributed by atoms with van der Waals surface area (Å²) in [5.74, 6) is -1.19. The predicted molar refractivity (Wildman–Crippen MR) is 43.4 cm³/mol. The molecule has 0 bridgehead atoms. The minimum absolute atomic E-state index is 0.0493. The Labute approximate surface area is 74.8 Å². The second-order valence-electron chi connectivity index (χ2n) is 2.85. The van der Waals surface area contributed by atoms with Crippen molar-refractivity contribution in [3.05, 3.63) is 0 Å². The number of nitrogens with two attached hydrogens (primary N) is 1. The van der Waals surface area contributed by atoms with E-state index in [4.69, 9.17) is 5.73 Å². The fourth-order valence-electron chi connectivity index (χ4n) is 1.11. The molecular formula is C7H11N3O3. The Kier molecular flexibility index (Phi) is 2.97. The number of hydrogen-bond donors (Lipinski definition) is 3. The van der Waals surface area contributed by atoms with E-state index in [1.165, 1.54) is 0 Å². The van der Waals surface area contributed by atoms with Gasteiger partial charge in [0.1, 0.15) is 0 Å². The Balaban J connectivity index is 2.38. The highest BCUT2D eigenvalue weighted by Crippen LogP contribution is 2.03. The number of amides is 3. The van der Waals surface area contributed by atoms with Crippen molar-refractivity contribution >= 4 is 17.7 Å². The van der Waals surface area contributed by atoms with Crippen LogP contribution in [0, 0.1) is 0 Å². The lowest BCUT2D eigenvalue weighted by Crippen LogP contribution is -2.52. The molecule has 0 aromatic heterocycles. The highest BCUT2D eigenvalue weighted by atomic mass is 16.2. The molecule has 1 aliphatic heterocycles. The second kappa shape index (κ2) is 3.99. The third-order valence-electron chi connectivity index (χ3n) is 1.76. The molecule has 6 heteroatoms. The first-order chi connectivity index (χ1) is 6.09. The van der Waals surface area contributed by atoms with Gasteiger partial charge in [0.05, 0.1) is 12.6 Å². The molecular weight excluding hydrogens is 174 g/mol. The van der Waals surface area contributed by atoms with Crippen LogP contribution in [0.15, 0.2) is 0 Å². The van der Waals surface area contributed by atoms with E-state index in [1.807, 2.05) is 0 Å². The summed E-state index contributed by atoms with van der Waals surface area (Å²) in [7, 11) is 0. The lowest BCUT2D eigenvalue weighted by Gasteiger charge is -2.20. The lowest BCUT2D eigenvalue weighted by atomic mass is 10.1. The topological polar surface area (TPSA) is 101 Å². The van der Waals surface area contributed by atoms with Gasteiger partial charge in [-0.2, -0.15) is 0 Å². The maximum atomic E-state index is 11.1. The van der Waals surface area contributed by atoms with Gasteiger partial charge >= 0.3 is 0 Å². The molecule has 0 aliphatic carbocycles. The van der Waals surface area contributed by atoms with Crippen molar-refractivity contribution in [2.45, 2.75) is 18.9 Å². The standard InChI is InChI=1S/C7H11N3O3/c8-5(11)3-9-4-1-2-6(12)10-7(4)13/h4,9H,1-3H2,(H2,8,11)(H,10,12,13). The molecule has 0 aromatic rings. The summed E-state index contributed by atoms with van der Waals surface area (Å²) >= 11 is 0. The van der Waals surface area contributed by atoms with Crippen LogP contribution in [0.25, 0.3) is 0 Å². The summed E-state index contributed by atoms with van der Waals surface area (Å²) in [6.07, 6.45) is 0.708. The Morgan fingerprint density at radius 2 is 2.31 bits per heavy atom. The summed E-state index contributed by atoms with van der Waals surface area (Å²) in [4.78, 5) is 32.2. The normalized spacial score (nSPS) is 22.6. The molecule has 1 saturated heterocycles. The Bertz CT molecular complexity index is 251. The zero-order valence-electron chi connectivity index (χ0n) is 7.00. The number of primary amides is 1. The molecule has 1 atom stereocenters. The van der Waals surface area contributed by atoms with E-state index in [-0.39, 0.29) is 12.5 Å². The molecule has 0 aromatic carbocycles. The Morgan fingerprint density at radius 3 is 2.85 bits per heavy atom. The van der Waals surface area contributed by atoms with Gasteiger partial charge < -0.3 is 5.73 Å². The van der Waals surface area contributed by atoms with Crippen LogP contribution in [-0.4, -0.2) is 30.3 Å². The average molecular weight is 185 g/mol. The van der Waals surface area contributed by atoms with Gasteiger partial charge in [0.15, 0.2) is 0 Å². The van der Waals surface area contributed by atoms with Crippen LogP contribution in [0.5, 0.6) is 0 Å². The molecule has 6 nitrogen and oxygen atoms in total. The smallest absolute Gasteiger partial charge is 0.243 e. The molecule has 1 rings (SSSR count). The van der Waals surface area contributed by atoms with Crippen molar-refractivity contribution in [2.24, 2.45) is 5.73 Å². The van der Waals surface area contributed by atoms with Gasteiger partial charge in [-0.1, -0.05) is 0 Å². The Hall–Kier alpha value is -1.43. The minimum Gasteiger partial charge on any atom is -0.369 e. The highest BCUT2D eigenvalue weighted by Gasteiger charge is 2.25. The van der Waals surface area contributed by atoms with Crippen LogP contribution < -0.4 is 16.4 Å². The number of piperidine rings is 1. The predicted octanol–water partition coefficient (Wildman–Crippen LogP) is -2.13. The van der Waals surface area contributed by atoms with Crippen LogP contribution in [0.2, 0.25) is 0 Å². The first-order valence-electron chi connectivity index (χ1n) is 3.95. The summed E-state index contributed by atoms with van der Waals surface area (Å²) in [5, 5.41) is 4.81. The van der Waals surface area contributed by atoms with Gasteiger partial charge in [0.25, 0.3) is 0 Å². The number of hydrogen-bond acceptors (Lipinski definition) is 4. The average Bonchev–Trinajstić information content (AvgIpc) is 2.02. The molecule has 1 fully saturated rings. The first-order valence-corrected chi connectivity index (χ1v) is 3.95. The SMILES string of the molecule is NC(=O)CNC1CCC(=O)NC1=O. The molecule has 0 spiro atoms. The van der Waals surface area contributed by atoms with Gasteiger partial charge in [0, 0.05) is 6.42 Å². The van der Waals surface area contributed by atoms with E-state index >= 15 is 0 Å². The van der Waals surface area contributed by atoms with Crippen LogP contribution in [0.3, 0.4) is 0 Å². The Morgan fingerprint density at radius 1 is 1.62 bits per heavy atom. The molecule has 3 amide bonds. The summed E-state index contributed by atoms with van der Waals surface area (Å²) in [6.45, 7) is -0.0493. The van der Waals surface area contributed by atoms with E-state index in [2.05, 4.69) is 10.6 Å². The molecule has 72 valence electrons. The molecule has 1 heterocycles. The fourth-order valence-corrected chi connectivity index (χ4v) is 1.11. The van der Waals surface area contributed by atoms with E-state index in [1.54, 1.807) is 0 Å². The lowest BCUT2D eigenvalue weighted by molar-refractivity contribution is -0.134. The maximum absolute atomic E-state index is 11.1. The summed E-state index contributed by atoms with van der Waals surface area (Å²) in [5.41, 5.74) is 4.88. The number of carbonyl (C=O) groups is 3. The molecule has 0 saturated carbocycles. The van der Waals surface area contributed by atoms with Crippen LogP contribution >= 0.6 is 0 Å². The minimum atomic E-state index is -0.523. The van der Waals surface area contributed by atoms with Crippen molar-refractivity contribution in [3.8, 4) is 0 Å². The van der Waals surface area contributed by atoms with E-state index in [9.17, 15) is 14.4 Å². The third-order valence-corrected chi connectivity index (χ3v) is 1.76. The number of nitrogens with one attached hydrogen (secondary N) is 2. The molecule has 4 N–H and O–H groups in total. The van der Waals surface area contributed by atoms with Gasteiger partial charge in [-0.3, -0.25) is 25.0 Å². The van der Waals surface area contributed by atoms with Gasteiger partial charge in [-0.05, 0) is 6.42 Å². The largest absolute Gasteiger partial charge is 0.369 e. The van der Waals surface area contributed by atoms with Crippen LogP contribution in [-0.2, 0) is 14.4 Å². The van der Waals surface area contributed by atoms with E-state index < -0.39 is 17.9 Å².